The third kappa shape index (κ3) is 3.15. The Balaban J connectivity index is 2.25. The smallest absolute Gasteiger partial charge is 0.260 e. The van der Waals surface area contributed by atoms with Crippen LogP contribution in [-0.2, 0) is 0 Å². The quantitative estimate of drug-likeness (QED) is 0.906. The number of carbonyl (C=O) groups excluding carboxylic acids is 1. The largest absolute Gasteiger partial charge is 0.384 e. The maximum Gasteiger partial charge on any atom is 0.260 e. The predicted octanol–water partition coefficient (Wildman–Crippen LogP) is 3.18. The van der Waals surface area contributed by atoms with Crippen LogP contribution < -0.4 is 10.2 Å². The van der Waals surface area contributed by atoms with E-state index < -0.39 is 0 Å². The van der Waals surface area contributed by atoms with E-state index >= 15 is 0 Å². The van der Waals surface area contributed by atoms with E-state index in [4.69, 9.17) is 0 Å². The molecule has 1 N–H and O–H groups in total. The second kappa shape index (κ2) is 6.70. The summed E-state index contributed by atoms with van der Waals surface area (Å²) >= 11 is 0. The molecule has 1 amide bonds. The first-order valence-electron chi connectivity index (χ1n) is 6.75. The van der Waals surface area contributed by atoms with Crippen LogP contribution in [-0.4, -0.2) is 24.5 Å². The van der Waals surface area contributed by atoms with Gasteiger partial charge in [-0.05, 0) is 30.7 Å². The van der Waals surface area contributed by atoms with Gasteiger partial charge in [-0.15, -0.1) is 0 Å². The zero-order valence-corrected chi connectivity index (χ0v) is 11.8. The number of nitrogens with zero attached hydrogens (tertiary/aromatic N) is 2. The van der Waals surface area contributed by atoms with Crippen LogP contribution >= 0.6 is 0 Å². The Bertz CT molecular complexity index is 569. The van der Waals surface area contributed by atoms with Gasteiger partial charge in [0.2, 0.25) is 0 Å². The summed E-state index contributed by atoms with van der Waals surface area (Å²) in [5.74, 6) is -0.0320. The van der Waals surface area contributed by atoms with Gasteiger partial charge in [-0.25, -0.2) is 0 Å². The van der Waals surface area contributed by atoms with Gasteiger partial charge in [-0.2, -0.15) is 0 Å². The summed E-state index contributed by atoms with van der Waals surface area (Å²) in [6.07, 6.45) is 4.38. The molecular weight excluding hydrogens is 250 g/mol. The number of rotatable bonds is 5. The molecule has 0 aliphatic rings. The summed E-state index contributed by atoms with van der Waals surface area (Å²) in [6, 6.07) is 11.2. The zero-order chi connectivity index (χ0) is 14.4. The molecule has 2 aromatic rings. The van der Waals surface area contributed by atoms with E-state index in [1.165, 1.54) is 0 Å². The number of pyridine rings is 1. The van der Waals surface area contributed by atoms with E-state index in [2.05, 4.69) is 17.2 Å². The number of nitrogens with one attached hydrogen (secondary N) is 1. The fourth-order valence-electron chi connectivity index (χ4n) is 1.95. The van der Waals surface area contributed by atoms with Crippen LogP contribution in [0.25, 0.3) is 0 Å². The molecule has 1 heterocycles. The molecule has 0 aliphatic heterocycles. The summed E-state index contributed by atoms with van der Waals surface area (Å²) in [5, 5.41) is 3.29. The molecule has 0 radical (unpaired) electrons. The van der Waals surface area contributed by atoms with Crippen LogP contribution in [0.3, 0.4) is 0 Å². The average Bonchev–Trinajstić information content (AvgIpc) is 2.52. The van der Waals surface area contributed by atoms with Crippen molar-refractivity contribution in [1.82, 2.24) is 4.98 Å². The number of hydrogen-bond donors (Lipinski definition) is 1. The lowest BCUT2D eigenvalue weighted by Gasteiger charge is -2.19. The Kier molecular flexibility index (Phi) is 4.71. The number of hydrogen-bond acceptors (Lipinski definition) is 3. The fourth-order valence-corrected chi connectivity index (χ4v) is 1.95. The van der Waals surface area contributed by atoms with Crippen molar-refractivity contribution in [3.63, 3.8) is 0 Å². The van der Waals surface area contributed by atoms with Crippen molar-refractivity contribution in [2.75, 3.05) is 23.8 Å². The number of carbonyl (C=O) groups is 1. The van der Waals surface area contributed by atoms with Gasteiger partial charge >= 0.3 is 0 Å². The lowest BCUT2D eigenvalue weighted by molar-refractivity contribution is 0.0994. The van der Waals surface area contributed by atoms with E-state index in [1.807, 2.05) is 36.4 Å². The number of aromatic nitrogens is 1. The first-order valence-corrected chi connectivity index (χ1v) is 6.75. The molecule has 104 valence electrons. The monoisotopic (exact) mass is 269 g/mol. The van der Waals surface area contributed by atoms with Gasteiger partial charge < -0.3 is 10.2 Å². The Morgan fingerprint density at radius 1 is 1.20 bits per heavy atom. The topological polar surface area (TPSA) is 45.2 Å². The second-order valence-electron chi connectivity index (χ2n) is 4.54. The van der Waals surface area contributed by atoms with E-state index in [0.717, 1.165) is 24.3 Å². The fraction of sp³-hybridized carbons (Fsp3) is 0.250. The number of benzene rings is 1. The van der Waals surface area contributed by atoms with Crippen molar-refractivity contribution >= 4 is 17.3 Å². The van der Waals surface area contributed by atoms with Crippen LogP contribution in [0.4, 0.5) is 11.4 Å². The third-order valence-corrected chi connectivity index (χ3v) is 3.08. The minimum absolute atomic E-state index is 0.0320. The Morgan fingerprint density at radius 2 is 1.90 bits per heavy atom. The molecule has 20 heavy (non-hydrogen) atoms. The van der Waals surface area contributed by atoms with E-state index in [1.54, 1.807) is 24.3 Å². The number of amides is 1. The zero-order valence-electron chi connectivity index (χ0n) is 11.8. The minimum Gasteiger partial charge on any atom is -0.384 e. The SMILES string of the molecule is CCCNc1ccccc1C(=O)N(C)c1ccncc1. The lowest BCUT2D eigenvalue weighted by atomic mass is 10.1. The third-order valence-electron chi connectivity index (χ3n) is 3.08. The van der Waals surface area contributed by atoms with Crippen LogP contribution in [0.15, 0.2) is 48.8 Å². The molecule has 0 saturated heterocycles. The van der Waals surface area contributed by atoms with Crippen molar-refractivity contribution in [2.45, 2.75) is 13.3 Å². The highest BCUT2D eigenvalue weighted by molar-refractivity contribution is 6.09. The van der Waals surface area contributed by atoms with Crippen molar-refractivity contribution in [1.29, 1.82) is 0 Å². The van der Waals surface area contributed by atoms with Gasteiger partial charge in [0.05, 0.1) is 5.56 Å². The van der Waals surface area contributed by atoms with Crippen molar-refractivity contribution < 1.29 is 4.79 Å². The Morgan fingerprint density at radius 3 is 2.60 bits per heavy atom. The van der Waals surface area contributed by atoms with Crippen LogP contribution in [0.1, 0.15) is 23.7 Å². The molecule has 1 aromatic carbocycles. The molecule has 0 fully saturated rings. The molecule has 4 heteroatoms. The summed E-state index contributed by atoms with van der Waals surface area (Å²) < 4.78 is 0. The van der Waals surface area contributed by atoms with E-state index in [9.17, 15) is 4.79 Å². The second-order valence-corrected chi connectivity index (χ2v) is 4.54. The minimum atomic E-state index is -0.0320. The maximum atomic E-state index is 12.6. The summed E-state index contributed by atoms with van der Waals surface area (Å²) in [7, 11) is 1.77. The van der Waals surface area contributed by atoms with Crippen molar-refractivity contribution in [3.05, 3.63) is 54.4 Å². The normalized spacial score (nSPS) is 10.1. The highest BCUT2D eigenvalue weighted by atomic mass is 16.2. The highest BCUT2D eigenvalue weighted by Gasteiger charge is 2.16. The lowest BCUT2D eigenvalue weighted by Crippen LogP contribution is -2.27. The van der Waals surface area contributed by atoms with Gasteiger partial charge in [-0.3, -0.25) is 9.78 Å². The first kappa shape index (κ1) is 14.1. The summed E-state index contributed by atoms with van der Waals surface area (Å²) in [5.41, 5.74) is 2.39. The molecule has 0 unspecified atom stereocenters. The molecule has 0 atom stereocenters. The Hall–Kier alpha value is -2.36. The standard InChI is InChI=1S/C16H19N3O/c1-3-10-18-15-7-5-4-6-14(15)16(20)19(2)13-8-11-17-12-9-13/h4-9,11-12,18H,3,10H2,1-2H3. The van der Waals surface area contributed by atoms with Crippen molar-refractivity contribution in [3.8, 4) is 0 Å². The number of para-hydroxylation sites is 1. The maximum absolute atomic E-state index is 12.6. The van der Waals surface area contributed by atoms with Crippen LogP contribution in [0, 0.1) is 0 Å². The molecule has 2 rings (SSSR count). The van der Waals surface area contributed by atoms with Crippen LogP contribution in [0.5, 0.6) is 0 Å². The predicted molar refractivity (Wildman–Crippen MR) is 82.2 cm³/mol. The first-order chi connectivity index (χ1) is 9.74. The van der Waals surface area contributed by atoms with Crippen LogP contribution in [0.2, 0.25) is 0 Å². The molecule has 0 aliphatic carbocycles. The van der Waals surface area contributed by atoms with Gasteiger partial charge in [0.15, 0.2) is 0 Å². The average molecular weight is 269 g/mol. The van der Waals surface area contributed by atoms with Gasteiger partial charge in [0.1, 0.15) is 0 Å². The molecule has 0 bridgehead atoms. The molecule has 4 nitrogen and oxygen atoms in total. The van der Waals surface area contributed by atoms with Gasteiger partial charge in [-0.1, -0.05) is 19.1 Å². The molecule has 1 aromatic heterocycles. The van der Waals surface area contributed by atoms with Crippen molar-refractivity contribution in [2.24, 2.45) is 0 Å². The Labute approximate surface area is 119 Å². The van der Waals surface area contributed by atoms with Gasteiger partial charge in [0.25, 0.3) is 5.91 Å². The summed E-state index contributed by atoms with van der Waals surface area (Å²) in [6.45, 7) is 2.95. The van der Waals surface area contributed by atoms with E-state index in [-0.39, 0.29) is 5.91 Å². The molecule has 0 saturated carbocycles. The highest BCUT2D eigenvalue weighted by Crippen LogP contribution is 2.20. The number of anilines is 2. The van der Waals surface area contributed by atoms with E-state index in [0.29, 0.717) is 5.56 Å². The molecule has 0 spiro atoms. The van der Waals surface area contributed by atoms with Gasteiger partial charge in [0, 0.05) is 37.4 Å². The summed E-state index contributed by atoms with van der Waals surface area (Å²) in [4.78, 5) is 18.2. The molecular formula is C16H19N3O.